The molecule has 8 nitrogen and oxygen atoms in total. The van der Waals surface area contributed by atoms with Crippen LogP contribution in [0.2, 0.25) is 0 Å². The van der Waals surface area contributed by atoms with Gasteiger partial charge in [0.15, 0.2) is 11.9 Å². The number of rotatable bonds is 5. The predicted molar refractivity (Wildman–Crippen MR) is 123 cm³/mol. The number of aromatic nitrogens is 2. The summed E-state index contributed by atoms with van der Waals surface area (Å²) in [5.41, 5.74) is 8.33. The molecule has 33 heavy (non-hydrogen) atoms. The highest BCUT2D eigenvalue weighted by Crippen LogP contribution is 2.30. The Kier molecular flexibility index (Phi) is 5.50. The number of nitrogens with zero attached hydrogens (tertiary/aromatic N) is 3. The third kappa shape index (κ3) is 4.28. The first-order valence-corrected chi connectivity index (χ1v) is 10.6. The van der Waals surface area contributed by atoms with E-state index in [4.69, 9.17) is 20.0 Å². The van der Waals surface area contributed by atoms with E-state index in [9.17, 15) is 9.59 Å². The van der Waals surface area contributed by atoms with Gasteiger partial charge in [-0.2, -0.15) is 5.10 Å². The Labute approximate surface area is 189 Å². The largest absolute Gasteiger partial charge is 0.454 e. The van der Waals surface area contributed by atoms with Crippen molar-refractivity contribution in [2.24, 2.45) is 5.73 Å². The highest BCUT2D eigenvalue weighted by Gasteiger charge is 2.26. The summed E-state index contributed by atoms with van der Waals surface area (Å²) in [4.78, 5) is 25.8. The number of carbonyl (C=O) groups excluding carboxylic acids is 2. The van der Waals surface area contributed by atoms with Crippen molar-refractivity contribution in [3.8, 4) is 17.1 Å². The van der Waals surface area contributed by atoms with E-state index in [2.05, 4.69) is 0 Å². The van der Waals surface area contributed by atoms with E-state index in [1.807, 2.05) is 66.9 Å². The summed E-state index contributed by atoms with van der Waals surface area (Å²) in [7, 11) is 0. The van der Waals surface area contributed by atoms with E-state index in [-0.39, 0.29) is 19.1 Å². The van der Waals surface area contributed by atoms with Crippen LogP contribution in [0, 0.1) is 0 Å². The highest BCUT2D eigenvalue weighted by molar-refractivity contribution is 5.94. The number of para-hydroxylation sites is 2. The number of primary amides is 1. The molecule has 0 spiro atoms. The molecule has 5 rings (SSSR count). The lowest BCUT2D eigenvalue weighted by molar-refractivity contribution is -0.142. The summed E-state index contributed by atoms with van der Waals surface area (Å²) in [5.74, 6) is -0.196. The molecular weight excluding hydrogens is 420 g/mol. The van der Waals surface area contributed by atoms with Crippen molar-refractivity contribution in [3.63, 3.8) is 0 Å². The van der Waals surface area contributed by atoms with Gasteiger partial charge in [-0.05, 0) is 30.3 Å². The summed E-state index contributed by atoms with van der Waals surface area (Å²) in [6.45, 7) is 0.800. The number of morpholine rings is 1. The molecule has 0 saturated carbocycles. The van der Waals surface area contributed by atoms with Crippen molar-refractivity contribution >= 4 is 28.9 Å². The molecule has 1 unspecified atom stereocenters. The number of furan rings is 1. The van der Waals surface area contributed by atoms with Crippen molar-refractivity contribution < 1.29 is 18.7 Å². The van der Waals surface area contributed by atoms with Crippen LogP contribution in [0.15, 0.2) is 77.4 Å². The second-order valence-corrected chi connectivity index (χ2v) is 7.74. The number of hydrogen-bond acceptors (Lipinski definition) is 5. The summed E-state index contributed by atoms with van der Waals surface area (Å²) < 4.78 is 13.1. The molecule has 4 aromatic rings. The van der Waals surface area contributed by atoms with Crippen molar-refractivity contribution in [1.82, 2.24) is 14.7 Å². The lowest BCUT2D eigenvalue weighted by Crippen LogP contribution is -2.50. The minimum absolute atomic E-state index is 0.137. The molecule has 166 valence electrons. The number of ether oxygens (including phenoxy) is 1. The van der Waals surface area contributed by atoms with Crippen LogP contribution >= 0.6 is 0 Å². The van der Waals surface area contributed by atoms with Crippen LogP contribution in [0.25, 0.3) is 34.2 Å². The second kappa shape index (κ2) is 8.76. The van der Waals surface area contributed by atoms with Gasteiger partial charge < -0.3 is 19.8 Å². The molecule has 2 N–H and O–H groups in total. The molecule has 1 aliphatic heterocycles. The fraction of sp³-hybridized carbons (Fsp3) is 0.160. The Hall–Kier alpha value is -4.17. The standard InChI is InChI=1S/C25H22N4O4/c26-25(31)22-16-28(12-13-32-22)23(30)11-10-18-15-29(19-7-2-1-3-8-19)27-24(18)21-14-17-6-4-5-9-20(17)33-21/h1-11,14-15,22H,12-13,16H2,(H2,26,31)/b11-10+. The Bertz CT molecular complexity index is 1310. The fourth-order valence-corrected chi connectivity index (χ4v) is 3.80. The van der Waals surface area contributed by atoms with Gasteiger partial charge in [-0.3, -0.25) is 9.59 Å². The molecule has 1 fully saturated rings. The normalized spacial score (nSPS) is 16.5. The van der Waals surface area contributed by atoms with Crippen molar-refractivity contribution in [2.75, 3.05) is 19.7 Å². The molecule has 8 heteroatoms. The third-order valence-electron chi connectivity index (χ3n) is 5.52. The summed E-state index contributed by atoms with van der Waals surface area (Å²) >= 11 is 0. The first kappa shape index (κ1) is 20.7. The van der Waals surface area contributed by atoms with Gasteiger partial charge >= 0.3 is 0 Å². The quantitative estimate of drug-likeness (QED) is 0.479. The molecule has 3 heterocycles. The van der Waals surface area contributed by atoms with Gasteiger partial charge in [0, 0.05) is 29.8 Å². The maximum atomic E-state index is 12.8. The first-order valence-electron chi connectivity index (χ1n) is 10.6. The zero-order valence-corrected chi connectivity index (χ0v) is 17.8. The zero-order valence-electron chi connectivity index (χ0n) is 17.8. The van der Waals surface area contributed by atoms with E-state index in [0.717, 1.165) is 22.2 Å². The van der Waals surface area contributed by atoms with Crippen LogP contribution in [-0.4, -0.2) is 52.3 Å². The molecule has 1 aliphatic rings. The molecule has 1 atom stereocenters. The van der Waals surface area contributed by atoms with Gasteiger partial charge in [-0.25, -0.2) is 4.68 Å². The van der Waals surface area contributed by atoms with Gasteiger partial charge in [0.1, 0.15) is 11.3 Å². The number of benzene rings is 2. The lowest BCUT2D eigenvalue weighted by Gasteiger charge is -2.30. The van der Waals surface area contributed by atoms with Crippen LogP contribution in [0.3, 0.4) is 0 Å². The average Bonchev–Trinajstić information content (AvgIpc) is 3.47. The predicted octanol–water partition coefficient (Wildman–Crippen LogP) is 3.01. The van der Waals surface area contributed by atoms with E-state index in [1.165, 1.54) is 6.08 Å². The molecule has 1 saturated heterocycles. The van der Waals surface area contributed by atoms with E-state index in [0.29, 0.717) is 18.0 Å². The molecule has 2 aromatic carbocycles. The number of nitrogens with two attached hydrogens (primary N) is 1. The second-order valence-electron chi connectivity index (χ2n) is 7.74. The number of amides is 2. The van der Waals surface area contributed by atoms with Crippen molar-refractivity contribution in [3.05, 3.63) is 78.5 Å². The summed E-state index contributed by atoms with van der Waals surface area (Å²) in [6, 6.07) is 19.4. The van der Waals surface area contributed by atoms with Crippen LogP contribution < -0.4 is 5.73 Å². The Morgan fingerprint density at radius 1 is 1.09 bits per heavy atom. The maximum absolute atomic E-state index is 12.8. The number of hydrogen-bond donors (Lipinski definition) is 1. The van der Waals surface area contributed by atoms with E-state index >= 15 is 0 Å². The van der Waals surface area contributed by atoms with Crippen LogP contribution in [-0.2, 0) is 14.3 Å². The highest BCUT2D eigenvalue weighted by atomic mass is 16.5. The first-order chi connectivity index (χ1) is 16.1. The van der Waals surface area contributed by atoms with E-state index < -0.39 is 12.0 Å². The minimum atomic E-state index is -0.789. The van der Waals surface area contributed by atoms with Crippen molar-refractivity contribution in [1.29, 1.82) is 0 Å². The maximum Gasteiger partial charge on any atom is 0.248 e. The Morgan fingerprint density at radius 2 is 1.88 bits per heavy atom. The number of carbonyl (C=O) groups is 2. The molecular formula is C25H22N4O4. The summed E-state index contributed by atoms with van der Waals surface area (Å²) in [5, 5.41) is 5.71. The van der Waals surface area contributed by atoms with Gasteiger partial charge in [0.2, 0.25) is 11.8 Å². The van der Waals surface area contributed by atoms with Crippen LogP contribution in [0.5, 0.6) is 0 Å². The summed E-state index contributed by atoms with van der Waals surface area (Å²) in [6.07, 6.45) is 4.25. The Balaban J connectivity index is 1.48. The minimum Gasteiger partial charge on any atom is -0.454 e. The molecule has 0 bridgehead atoms. The van der Waals surface area contributed by atoms with E-state index in [1.54, 1.807) is 15.7 Å². The SMILES string of the molecule is NC(=O)C1CN(C(=O)/C=C/c2cn(-c3ccccc3)nc2-c2cc3ccccc3o2)CCO1. The van der Waals surface area contributed by atoms with Gasteiger partial charge in [0.05, 0.1) is 18.8 Å². The fourth-order valence-electron chi connectivity index (χ4n) is 3.80. The third-order valence-corrected chi connectivity index (χ3v) is 5.52. The monoisotopic (exact) mass is 442 g/mol. The zero-order chi connectivity index (χ0) is 22.8. The molecule has 0 aliphatic carbocycles. The van der Waals surface area contributed by atoms with Gasteiger partial charge in [-0.15, -0.1) is 0 Å². The smallest absolute Gasteiger partial charge is 0.248 e. The van der Waals surface area contributed by atoms with Gasteiger partial charge in [-0.1, -0.05) is 36.4 Å². The average molecular weight is 442 g/mol. The van der Waals surface area contributed by atoms with Crippen LogP contribution in [0.1, 0.15) is 5.56 Å². The number of fused-ring (bicyclic) bond motifs is 1. The van der Waals surface area contributed by atoms with Gasteiger partial charge in [0.25, 0.3) is 0 Å². The molecule has 0 radical (unpaired) electrons. The molecule has 2 amide bonds. The van der Waals surface area contributed by atoms with Crippen molar-refractivity contribution in [2.45, 2.75) is 6.10 Å². The van der Waals surface area contributed by atoms with Crippen LogP contribution in [0.4, 0.5) is 0 Å². The Morgan fingerprint density at radius 3 is 2.67 bits per heavy atom. The molecule has 2 aromatic heterocycles. The topological polar surface area (TPSA) is 104 Å². The lowest BCUT2D eigenvalue weighted by atomic mass is 10.1.